The lowest BCUT2D eigenvalue weighted by molar-refractivity contribution is -0.927. The number of hydrogen-bond donors (Lipinski definition) is 2. The smallest absolute Gasteiger partial charge is 0.172 e. The van der Waals surface area contributed by atoms with E-state index >= 15 is 0 Å². The maximum atomic E-state index is 12.8. The third-order valence-corrected chi connectivity index (χ3v) is 7.43. The van der Waals surface area contributed by atoms with E-state index < -0.39 is 5.90 Å². The molecule has 0 aliphatic heterocycles. The van der Waals surface area contributed by atoms with E-state index in [9.17, 15) is 5.11 Å². The highest BCUT2D eigenvalue weighted by atomic mass is 35.5. The number of halogens is 1. The Hall–Kier alpha value is -3.56. The summed E-state index contributed by atoms with van der Waals surface area (Å²) in [5.74, 6) is 1.11. The van der Waals surface area contributed by atoms with E-state index in [2.05, 4.69) is 46.1 Å². The maximum Gasteiger partial charge on any atom is 0.172 e. The molecule has 1 aromatic heterocycles. The molecule has 216 valence electrons. The highest BCUT2D eigenvalue weighted by Crippen LogP contribution is 2.20. The molecule has 3 aromatic rings. The minimum absolute atomic E-state index is 0.0110. The normalized spacial score (nSPS) is 11.9. The van der Waals surface area contributed by atoms with Gasteiger partial charge in [0.1, 0.15) is 17.2 Å². The molecule has 2 aromatic carbocycles. The van der Waals surface area contributed by atoms with Crippen LogP contribution in [0.3, 0.4) is 0 Å². The minimum Gasteiger partial charge on any atom is -0.857 e. The van der Waals surface area contributed by atoms with E-state index in [0.29, 0.717) is 6.54 Å². The summed E-state index contributed by atoms with van der Waals surface area (Å²) in [6, 6.07) is 16.5. The highest BCUT2D eigenvalue weighted by molar-refractivity contribution is 6.31. The Bertz CT molecular complexity index is 1180. The molecule has 0 spiro atoms. The Morgan fingerprint density at radius 3 is 1.82 bits per heavy atom. The number of nitrogens with zero attached hydrogens (tertiary/aromatic N) is 4. The van der Waals surface area contributed by atoms with Crippen molar-refractivity contribution in [1.29, 1.82) is 0 Å². The number of anilines is 2. The molecule has 0 bridgehead atoms. The zero-order valence-electron chi connectivity index (χ0n) is 23.7. The van der Waals surface area contributed by atoms with Gasteiger partial charge >= 0.3 is 0 Å². The quantitative estimate of drug-likeness (QED) is 0.152. The van der Waals surface area contributed by atoms with Gasteiger partial charge in [-0.1, -0.05) is 42.8 Å². The average molecular weight is 569 g/mol. The third-order valence-electron chi connectivity index (χ3n) is 7.15. The first-order chi connectivity index (χ1) is 19.3. The standard InChI is InChI=1S/C30H41ClN6O3/c1-4-18-37(19-5-7-22-9-13-24(39-2)14-10-22,20-6-8-23-11-15-25(40-3)16-12-23)21-17-34-30(38)26-28(32)36-29(33)27(31)35-26/h9-16H,4-8,17-21H2,1-3H3,(H4-,32,33,34,36,38). The fraction of sp³-hybridized carbons (Fsp3) is 0.433. The lowest BCUT2D eigenvalue weighted by atomic mass is 10.1. The van der Waals surface area contributed by atoms with Gasteiger partial charge < -0.3 is 30.5 Å². The molecule has 0 unspecified atom stereocenters. The number of methoxy groups -OCH3 is 2. The van der Waals surface area contributed by atoms with Crippen molar-refractivity contribution in [1.82, 2.24) is 9.97 Å². The van der Waals surface area contributed by atoms with Crippen molar-refractivity contribution in [2.75, 3.05) is 58.4 Å². The van der Waals surface area contributed by atoms with E-state index in [4.69, 9.17) is 32.5 Å². The number of aromatic nitrogens is 2. The summed E-state index contributed by atoms with van der Waals surface area (Å²) in [5.41, 5.74) is 14.0. The van der Waals surface area contributed by atoms with Crippen LogP contribution in [0.5, 0.6) is 11.5 Å². The molecule has 10 heteroatoms. The number of ether oxygens (including phenoxy) is 2. The van der Waals surface area contributed by atoms with Gasteiger partial charge in [-0.15, -0.1) is 0 Å². The van der Waals surface area contributed by atoms with Crippen LogP contribution in [-0.2, 0) is 12.8 Å². The van der Waals surface area contributed by atoms with Crippen molar-refractivity contribution in [3.8, 4) is 11.5 Å². The van der Waals surface area contributed by atoms with Crippen LogP contribution in [-0.4, -0.2) is 67.3 Å². The monoisotopic (exact) mass is 568 g/mol. The topological polar surface area (TPSA) is 132 Å². The zero-order chi connectivity index (χ0) is 29.0. The average Bonchev–Trinajstić information content (AvgIpc) is 2.95. The lowest BCUT2D eigenvalue weighted by Gasteiger charge is -2.39. The SMILES string of the molecule is CCC[N+](CCCc1ccc(OC)cc1)(CCCc1ccc(OC)cc1)CCN=C([O-])c1nc(Cl)c(N)nc1N. The predicted octanol–water partition coefficient (Wildman–Crippen LogP) is 3.91. The molecule has 0 saturated carbocycles. The summed E-state index contributed by atoms with van der Waals surface area (Å²) in [7, 11) is 3.35. The lowest BCUT2D eigenvalue weighted by Crippen LogP contribution is -2.52. The molecule has 0 amide bonds. The fourth-order valence-corrected chi connectivity index (χ4v) is 5.13. The molecule has 0 radical (unpaired) electrons. The first-order valence-electron chi connectivity index (χ1n) is 13.7. The minimum atomic E-state index is -0.530. The molecule has 0 aliphatic carbocycles. The Kier molecular flexibility index (Phi) is 11.8. The molecule has 40 heavy (non-hydrogen) atoms. The molecular weight excluding hydrogens is 528 g/mol. The van der Waals surface area contributed by atoms with Gasteiger partial charge in [-0.3, -0.25) is 4.99 Å². The molecule has 4 N–H and O–H groups in total. The van der Waals surface area contributed by atoms with E-state index in [-0.39, 0.29) is 22.5 Å². The van der Waals surface area contributed by atoms with E-state index in [1.807, 2.05) is 24.3 Å². The number of nitrogens with two attached hydrogens (primary N) is 2. The summed E-state index contributed by atoms with van der Waals surface area (Å²) in [4.78, 5) is 12.2. The number of hydrogen-bond acceptors (Lipinski definition) is 8. The van der Waals surface area contributed by atoms with Crippen LogP contribution in [0.2, 0.25) is 5.15 Å². The molecule has 0 fully saturated rings. The fourth-order valence-electron chi connectivity index (χ4n) is 5.00. The largest absolute Gasteiger partial charge is 0.857 e. The molecule has 1 heterocycles. The van der Waals surface area contributed by atoms with E-state index in [1.54, 1.807) is 14.2 Å². The van der Waals surface area contributed by atoms with Crippen molar-refractivity contribution in [2.24, 2.45) is 4.99 Å². The zero-order valence-corrected chi connectivity index (χ0v) is 24.5. The van der Waals surface area contributed by atoms with Crippen LogP contribution in [0.4, 0.5) is 11.6 Å². The number of quaternary nitrogens is 1. The van der Waals surface area contributed by atoms with Gasteiger partial charge in [0.05, 0.1) is 46.9 Å². The van der Waals surface area contributed by atoms with Gasteiger partial charge in [0.2, 0.25) is 0 Å². The summed E-state index contributed by atoms with van der Waals surface area (Å²) < 4.78 is 11.5. The Morgan fingerprint density at radius 2 is 1.35 bits per heavy atom. The first-order valence-corrected chi connectivity index (χ1v) is 14.1. The second kappa shape index (κ2) is 15.3. The molecule has 9 nitrogen and oxygen atoms in total. The second-order valence-electron chi connectivity index (χ2n) is 9.96. The van der Waals surface area contributed by atoms with Gasteiger partial charge in [-0.2, -0.15) is 0 Å². The second-order valence-corrected chi connectivity index (χ2v) is 10.3. The summed E-state index contributed by atoms with van der Waals surface area (Å²) >= 11 is 5.96. The van der Waals surface area contributed by atoms with Crippen molar-refractivity contribution in [2.45, 2.75) is 39.0 Å². The van der Waals surface area contributed by atoms with E-state index in [1.165, 1.54) is 11.1 Å². The van der Waals surface area contributed by atoms with Crippen LogP contribution in [0, 0.1) is 0 Å². The van der Waals surface area contributed by atoms with Crippen molar-refractivity contribution in [3.63, 3.8) is 0 Å². The van der Waals surface area contributed by atoms with E-state index in [0.717, 1.165) is 74.3 Å². The highest BCUT2D eigenvalue weighted by Gasteiger charge is 2.25. The van der Waals surface area contributed by atoms with Crippen molar-refractivity contribution >= 4 is 29.1 Å². The summed E-state index contributed by atoms with van der Waals surface area (Å²) in [6.45, 7) is 6.27. The van der Waals surface area contributed by atoms with Gasteiger partial charge in [-0.25, -0.2) is 9.97 Å². The van der Waals surface area contributed by atoms with Crippen molar-refractivity contribution in [3.05, 3.63) is 70.5 Å². The number of benzene rings is 2. The van der Waals surface area contributed by atoms with Crippen LogP contribution in [0.15, 0.2) is 53.5 Å². The number of rotatable bonds is 16. The van der Waals surface area contributed by atoms with Crippen molar-refractivity contribution < 1.29 is 19.1 Å². The summed E-state index contributed by atoms with van der Waals surface area (Å²) in [5, 5.41) is 12.7. The van der Waals surface area contributed by atoms with Gasteiger partial charge in [0, 0.05) is 18.7 Å². The maximum absolute atomic E-state index is 12.8. The Morgan fingerprint density at radius 1 is 0.825 bits per heavy atom. The molecule has 0 atom stereocenters. The van der Waals surface area contributed by atoms with Crippen LogP contribution in [0.1, 0.15) is 43.0 Å². The van der Waals surface area contributed by atoms with Crippen LogP contribution in [0.25, 0.3) is 0 Å². The first kappa shape index (κ1) is 31.0. The van der Waals surface area contributed by atoms with Crippen LogP contribution < -0.4 is 26.0 Å². The number of aliphatic imine (C=N–C) groups is 1. The van der Waals surface area contributed by atoms with Gasteiger partial charge in [0.15, 0.2) is 16.8 Å². The molecule has 0 saturated heterocycles. The number of aryl methyl sites for hydroxylation is 2. The Balaban J connectivity index is 1.72. The third kappa shape index (κ3) is 8.99. The Labute approximate surface area is 242 Å². The molecule has 3 rings (SSSR count). The predicted molar refractivity (Wildman–Crippen MR) is 160 cm³/mol. The summed E-state index contributed by atoms with van der Waals surface area (Å²) in [6.07, 6.45) is 5.02. The van der Waals surface area contributed by atoms with Gasteiger partial charge in [-0.05, 0) is 54.7 Å². The van der Waals surface area contributed by atoms with Gasteiger partial charge in [0.25, 0.3) is 0 Å². The number of nitrogen functional groups attached to an aromatic ring is 2. The molecular formula is C30H41ClN6O3. The van der Waals surface area contributed by atoms with Crippen LogP contribution >= 0.6 is 11.6 Å². The molecule has 0 aliphatic rings.